The molecule has 0 aromatic rings. The van der Waals surface area contributed by atoms with Gasteiger partial charge in [0.2, 0.25) is 5.91 Å². The van der Waals surface area contributed by atoms with Crippen molar-refractivity contribution in [2.24, 2.45) is 11.5 Å². The van der Waals surface area contributed by atoms with Gasteiger partial charge in [0.05, 0.1) is 151 Å². The largest absolute Gasteiger partial charge is 0.442 e. The van der Waals surface area contributed by atoms with E-state index in [1.54, 1.807) is 20.8 Å². The second-order valence-electron chi connectivity index (χ2n) is 14.7. The van der Waals surface area contributed by atoms with Gasteiger partial charge >= 0.3 is 6.09 Å². The van der Waals surface area contributed by atoms with E-state index in [1.807, 2.05) is 0 Å². The standard InChI is InChI=1S/C42H82N4O18/c1-42(2,3)64-41(50)46-63-35-34-61-32-33-62-36-40(49)45-38(39(48)7-5-13-52-17-21-56-25-29-60-31-27-58-23-19-54-15-11-44)9-8-37(47)6-4-12-51-16-20-55-24-28-59-30-26-57-22-18-53-14-10-43/h38H,4-36,43-44H2,1-3H3,(H,45,49)(H,46,50)/t38-/m0/s1. The van der Waals surface area contributed by atoms with Gasteiger partial charge in [0.1, 0.15) is 18.0 Å². The maximum atomic E-state index is 13.2. The first-order chi connectivity index (χ1) is 31.1. The maximum absolute atomic E-state index is 13.2. The van der Waals surface area contributed by atoms with Crippen molar-refractivity contribution in [1.29, 1.82) is 0 Å². The molecule has 0 radical (unpaired) electrons. The molecular formula is C42H82N4O18. The number of ether oxygens (including phenoxy) is 13. The fraction of sp³-hybridized carbons (Fsp3) is 0.905. The van der Waals surface area contributed by atoms with Crippen molar-refractivity contribution in [2.75, 3.05) is 178 Å². The summed E-state index contributed by atoms with van der Waals surface area (Å²) in [7, 11) is 0. The SMILES string of the molecule is CC(C)(C)OC(=O)NOCCOCCOCC(=O)N[C@@H](CCC(=O)CCCOCCOCCOCCOCCOCCN)C(=O)CCCOCCOCCOCCOCCOCCN. The van der Waals surface area contributed by atoms with Gasteiger partial charge in [0, 0.05) is 45.6 Å². The number of carbonyl (C=O) groups excluding carboxylic acids is 4. The van der Waals surface area contributed by atoms with Crippen LogP contribution in [-0.2, 0) is 80.8 Å². The Balaban J connectivity index is 4.35. The number of carbonyl (C=O) groups is 4. The lowest BCUT2D eigenvalue weighted by molar-refractivity contribution is -0.131. The Morgan fingerprint density at radius 2 is 0.812 bits per heavy atom. The highest BCUT2D eigenvalue weighted by atomic mass is 16.7. The van der Waals surface area contributed by atoms with E-state index in [-0.39, 0.29) is 70.3 Å². The molecule has 2 amide bonds. The summed E-state index contributed by atoms with van der Waals surface area (Å²) in [5.41, 5.74) is 12.2. The van der Waals surface area contributed by atoms with E-state index in [0.717, 1.165) is 0 Å². The summed E-state index contributed by atoms with van der Waals surface area (Å²) in [4.78, 5) is 55.2. The Hall–Kier alpha value is -2.52. The van der Waals surface area contributed by atoms with E-state index in [0.29, 0.717) is 158 Å². The van der Waals surface area contributed by atoms with Crippen molar-refractivity contribution < 1.29 is 85.6 Å². The molecule has 0 saturated heterocycles. The van der Waals surface area contributed by atoms with Crippen LogP contribution in [0.2, 0.25) is 0 Å². The van der Waals surface area contributed by atoms with Crippen molar-refractivity contribution in [3.05, 3.63) is 0 Å². The zero-order valence-electron chi connectivity index (χ0n) is 38.9. The van der Waals surface area contributed by atoms with Crippen LogP contribution in [0.1, 0.15) is 59.3 Å². The van der Waals surface area contributed by atoms with Gasteiger partial charge in [0.15, 0.2) is 5.78 Å². The van der Waals surface area contributed by atoms with E-state index in [1.165, 1.54) is 0 Å². The predicted octanol–water partition coefficient (Wildman–Crippen LogP) is 0.523. The Kier molecular flexibility index (Phi) is 45.1. The maximum Gasteiger partial charge on any atom is 0.431 e. The summed E-state index contributed by atoms with van der Waals surface area (Å²) in [5, 5.41) is 2.72. The van der Waals surface area contributed by atoms with Crippen LogP contribution in [0.5, 0.6) is 0 Å². The fourth-order valence-corrected chi connectivity index (χ4v) is 4.90. The Morgan fingerprint density at radius 1 is 0.453 bits per heavy atom. The molecule has 0 aliphatic carbocycles. The number of amides is 2. The average Bonchev–Trinajstić information content (AvgIpc) is 3.25. The molecule has 6 N–H and O–H groups in total. The lowest BCUT2D eigenvalue weighted by Gasteiger charge is -2.19. The number of nitrogens with one attached hydrogen (secondary N) is 2. The Labute approximate surface area is 380 Å². The number of Topliss-reactive ketones (excluding diaryl/α,β-unsaturated/α-hetero) is 2. The second kappa shape index (κ2) is 47.0. The van der Waals surface area contributed by atoms with E-state index in [9.17, 15) is 19.2 Å². The Morgan fingerprint density at radius 3 is 1.22 bits per heavy atom. The molecule has 0 aromatic heterocycles. The molecule has 0 aliphatic rings. The quantitative estimate of drug-likeness (QED) is 0.0478. The van der Waals surface area contributed by atoms with Crippen molar-refractivity contribution >= 4 is 23.6 Å². The molecule has 22 heteroatoms. The van der Waals surface area contributed by atoms with Gasteiger partial charge < -0.3 is 78.4 Å². The number of hydrogen-bond donors (Lipinski definition) is 4. The van der Waals surface area contributed by atoms with Crippen LogP contribution in [0, 0.1) is 0 Å². The van der Waals surface area contributed by atoms with Crippen LogP contribution < -0.4 is 22.3 Å². The van der Waals surface area contributed by atoms with Crippen LogP contribution in [0.15, 0.2) is 0 Å². The molecule has 0 fully saturated rings. The van der Waals surface area contributed by atoms with E-state index >= 15 is 0 Å². The number of hydrogen-bond acceptors (Lipinski definition) is 20. The summed E-state index contributed by atoms with van der Waals surface area (Å²) in [6.45, 7) is 15.2. The number of ketones is 2. The minimum Gasteiger partial charge on any atom is -0.442 e. The van der Waals surface area contributed by atoms with E-state index in [4.69, 9.17) is 77.9 Å². The predicted molar refractivity (Wildman–Crippen MR) is 233 cm³/mol. The van der Waals surface area contributed by atoms with Crippen LogP contribution >= 0.6 is 0 Å². The summed E-state index contributed by atoms with van der Waals surface area (Å²) in [5.74, 6) is -0.745. The van der Waals surface area contributed by atoms with Crippen molar-refractivity contribution in [2.45, 2.75) is 70.9 Å². The molecule has 0 spiro atoms. The first-order valence-electron chi connectivity index (χ1n) is 22.4. The fourth-order valence-electron chi connectivity index (χ4n) is 4.90. The zero-order valence-corrected chi connectivity index (χ0v) is 38.9. The van der Waals surface area contributed by atoms with Gasteiger partial charge in [-0.05, 0) is 40.0 Å². The highest BCUT2D eigenvalue weighted by Gasteiger charge is 2.22. The van der Waals surface area contributed by atoms with Crippen molar-refractivity contribution in [3.8, 4) is 0 Å². The first-order valence-corrected chi connectivity index (χ1v) is 22.4. The third-order valence-corrected chi connectivity index (χ3v) is 7.88. The smallest absolute Gasteiger partial charge is 0.431 e. The monoisotopic (exact) mass is 931 g/mol. The normalized spacial score (nSPS) is 12.1. The molecule has 0 saturated carbocycles. The van der Waals surface area contributed by atoms with Crippen molar-refractivity contribution in [1.82, 2.24) is 10.8 Å². The lowest BCUT2D eigenvalue weighted by atomic mass is 10.00. The number of rotatable bonds is 50. The van der Waals surface area contributed by atoms with Gasteiger partial charge in [-0.1, -0.05) is 0 Å². The minimum absolute atomic E-state index is 0.0407. The summed E-state index contributed by atoms with van der Waals surface area (Å²) >= 11 is 0. The highest BCUT2D eigenvalue weighted by Crippen LogP contribution is 2.08. The third kappa shape index (κ3) is 47.4. The van der Waals surface area contributed by atoms with E-state index in [2.05, 4.69) is 10.8 Å². The topological polar surface area (TPSA) is 274 Å². The molecule has 0 bridgehead atoms. The van der Waals surface area contributed by atoms with Crippen LogP contribution in [0.25, 0.3) is 0 Å². The van der Waals surface area contributed by atoms with Crippen molar-refractivity contribution in [3.63, 3.8) is 0 Å². The molecule has 64 heavy (non-hydrogen) atoms. The molecule has 0 aromatic carbocycles. The molecule has 0 heterocycles. The first kappa shape index (κ1) is 61.5. The average molecular weight is 931 g/mol. The summed E-state index contributed by atoms with van der Waals surface area (Å²) in [6, 6.07) is -0.866. The van der Waals surface area contributed by atoms with Gasteiger partial charge in [-0.3, -0.25) is 19.2 Å². The van der Waals surface area contributed by atoms with Gasteiger partial charge in [0.25, 0.3) is 0 Å². The number of hydroxylamine groups is 1. The molecular weight excluding hydrogens is 848 g/mol. The molecule has 378 valence electrons. The van der Waals surface area contributed by atoms with Gasteiger partial charge in [-0.25, -0.2) is 4.79 Å². The molecule has 1 atom stereocenters. The van der Waals surface area contributed by atoms with E-state index < -0.39 is 23.6 Å². The van der Waals surface area contributed by atoms with Crippen LogP contribution in [-0.4, -0.2) is 213 Å². The van der Waals surface area contributed by atoms with Crippen LogP contribution in [0.4, 0.5) is 4.79 Å². The molecule has 0 rings (SSSR count). The minimum atomic E-state index is -0.866. The zero-order chi connectivity index (χ0) is 47.0. The van der Waals surface area contributed by atoms with Gasteiger partial charge in [-0.2, -0.15) is 5.48 Å². The summed E-state index contributed by atoms with van der Waals surface area (Å²) < 4.78 is 70.1. The van der Waals surface area contributed by atoms with Gasteiger partial charge in [-0.15, -0.1) is 0 Å². The lowest BCUT2D eigenvalue weighted by Crippen LogP contribution is -2.43. The highest BCUT2D eigenvalue weighted by molar-refractivity contribution is 5.90. The second-order valence-corrected chi connectivity index (χ2v) is 14.7. The Bertz CT molecular complexity index is 1090. The molecule has 22 nitrogen and oxygen atoms in total. The molecule has 0 aliphatic heterocycles. The third-order valence-electron chi connectivity index (χ3n) is 7.88. The molecule has 0 unspecified atom stereocenters. The summed E-state index contributed by atoms with van der Waals surface area (Å²) in [6.07, 6.45) is 0.928. The van der Waals surface area contributed by atoms with Crippen LogP contribution in [0.3, 0.4) is 0 Å². The number of nitrogens with two attached hydrogens (primary N) is 2.